The minimum absolute atomic E-state index is 0.269. The van der Waals surface area contributed by atoms with Gasteiger partial charge in [-0.2, -0.15) is 0 Å². The van der Waals surface area contributed by atoms with Crippen molar-refractivity contribution in [2.24, 2.45) is 0 Å². The van der Waals surface area contributed by atoms with Crippen molar-refractivity contribution in [3.8, 4) is 5.75 Å². The Hall–Kier alpha value is -3.08. The van der Waals surface area contributed by atoms with Gasteiger partial charge in [0, 0.05) is 6.54 Å². The monoisotopic (exact) mass is 366 g/mol. The first-order chi connectivity index (χ1) is 13.0. The predicted molar refractivity (Wildman–Crippen MR) is 108 cm³/mol. The van der Waals surface area contributed by atoms with Gasteiger partial charge in [0.25, 0.3) is 11.8 Å². The smallest absolute Gasteiger partial charge is 0.265 e. The summed E-state index contributed by atoms with van der Waals surface area (Å²) in [5.41, 5.74) is 2.96. The number of carbonyl (C=O) groups excluding carboxylic acids is 2. The summed E-state index contributed by atoms with van der Waals surface area (Å²) < 4.78 is 5.92. The summed E-state index contributed by atoms with van der Waals surface area (Å²) in [6, 6.07) is 12.7. The minimum Gasteiger partial charge on any atom is -0.480 e. The third-order valence-electron chi connectivity index (χ3n) is 4.10. The topological polar surface area (TPSA) is 67.4 Å². The molecule has 2 rings (SSSR count). The molecule has 2 aromatic carbocycles. The second-order valence-corrected chi connectivity index (χ2v) is 6.32. The van der Waals surface area contributed by atoms with E-state index in [1.807, 2.05) is 39.0 Å². The van der Waals surface area contributed by atoms with E-state index in [1.165, 1.54) is 0 Å². The molecule has 0 aromatic heterocycles. The Morgan fingerprint density at radius 1 is 1.19 bits per heavy atom. The maximum absolute atomic E-state index is 12.7. The first-order valence-electron chi connectivity index (χ1n) is 8.99. The number of hydrogen-bond acceptors (Lipinski definition) is 3. The van der Waals surface area contributed by atoms with Crippen LogP contribution in [-0.2, 0) is 4.79 Å². The van der Waals surface area contributed by atoms with Crippen LogP contribution in [-0.4, -0.2) is 24.5 Å². The van der Waals surface area contributed by atoms with Crippen LogP contribution in [0.5, 0.6) is 5.75 Å². The Kier molecular flexibility index (Phi) is 7.17. The van der Waals surface area contributed by atoms with Crippen LogP contribution in [0.15, 0.2) is 55.1 Å². The molecule has 0 saturated carbocycles. The van der Waals surface area contributed by atoms with E-state index in [-0.39, 0.29) is 11.8 Å². The number of hydrogen-bond donors (Lipinski definition) is 2. The first kappa shape index (κ1) is 20.2. The van der Waals surface area contributed by atoms with Gasteiger partial charge < -0.3 is 15.4 Å². The van der Waals surface area contributed by atoms with Crippen LogP contribution in [0.1, 0.15) is 34.8 Å². The van der Waals surface area contributed by atoms with Crippen LogP contribution in [0.2, 0.25) is 0 Å². The summed E-state index contributed by atoms with van der Waals surface area (Å²) in [5.74, 6) is 0.121. The number of nitrogens with one attached hydrogen (secondary N) is 2. The van der Waals surface area contributed by atoms with Crippen molar-refractivity contribution < 1.29 is 14.3 Å². The van der Waals surface area contributed by atoms with Crippen molar-refractivity contribution in [2.75, 3.05) is 11.9 Å². The molecule has 0 radical (unpaired) electrons. The van der Waals surface area contributed by atoms with Crippen LogP contribution in [0.25, 0.3) is 0 Å². The van der Waals surface area contributed by atoms with Gasteiger partial charge in [0.2, 0.25) is 0 Å². The second kappa shape index (κ2) is 9.57. The fourth-order valence-corrected chi connectivity index (χ4v) is 2.67. The van der Waals surface area contributed by atoms with E-state index < -0.39 is 6.10 Å². The average Bonchev–Trinajstić information content (AvgIpc) is 2.65. The summed E-state index contributed by atoms with van der Waals surface area (Å²) >= 11 is 0. The zero-order valence-corrected chi connectivity index (χ0v) is 16.0. The molecule has 2 amide bonds. The largest absolute Gasteiger partial charge is 0.480 e. The van der Waals surface area contributed by atoms with Crippen LogP contribution in [0.3, 0.4) is 0 Å². The number of ether oxygens (including phenoxy) is 1. The molecule has 5 heteroatoms. The fraction of sp³-hybridized carbons (Fsp3) is 0.273. The van der Waals surface area contributed by atoms with Crippen LogP contribution < -0.4 is 15.4 Å². The molecule has 0 aliphatic rings. The molecule has 1 atom stereocenters. The third kappa shape index (κ3) is 5.45. The number of carbonyl (C=O) groups is 2. The molecule has 0 heterocycles. The molecule has 0 fully saturated rings. The normalized spacial score (nSPS) is 11.4. The minimum atomic E-state index is -0.657. The van der Waals surface area contributed by atoms with E-state index in [0.717, 1.165) is 11.1 Å². The Bertz CT molecular complexity index is 830. The zero-order valence-electron chi connectivity index (χ0n) is 16.0. The van der Waals surface area contributed by atoms with E-state index >= 15 is 0 Å². The predicted octanol–water partition coefficient (Wildman–Crippen LogP) is 4.02. The second-order valence-electron chi connectivity index (χ2n) is 6.32. The van der Waals surface area contributed by atoms with E-state index in [1.54, 1.807) is 30.3 Å². The SMILES string of the molecule is C=CCNC(=O)c1ccccc1NC(=O)C(CC)Oc1ccc(C)cc1C. The van der Waals surface area contributed by atoms with Crippen LogP contribution in [0.4, 0.5) is 5.69 Å². The molecule has 0 bridgehead atoms. The number of amides is 2. The lowest BCUT2D eigenvalue weighted by Crippen LogP contribution is -2.33. The standard InChI is InChI=1S/C22H26N2O3/c1-5-13-23-21(25)17-9-7-8-10-18(17)24-22(26)19(6-2)27-20-12-11-15(3)14-16(20)4/h5,7-12,14,19H,1,6,13H2,2-4H3,(H,23,25)(H,24,26). The highest BCUT2D eigenvalue weighted by atomic mass is 16.5. The van der Waals surface area contributed by atoms with Crippen molar-refractivity contribution >= 4 is 17.5 Å². The summed E-state index contributed by atoms with van der Waals surface area (Å²) in [6.45, 7) is 9.78. The van der Waals surface area contributed by atoms with Crippen molar-refractivity contribution in [1.29, 1.82) is 0 Å². The maximum atomic E-state index is 12.7. The summed E-state index contributed by atoms with van der Waals surface area (Å²) in [5, 5.41) is 5.54. The molecule has 27 heavy (non-hydrogen) atoms. The molecule has 0 aliphatic carbocycles. The molecule has 5 nitrogen and oxygen atoms in total. The van der Waals surface area contributed by atoms with Crippen molar-refractivity contribution in [2.45, 2.75) is 33.3 Å². The van der Waals surface area contributed by atoms with Gasteiger partial charge in [0.15, 0.2) is 6.10 Å². The number of para-hydroxylation sites is 1. The molecule has 0 aliphatic heterocycles. The summed E-state index contributed by atoms with van der Waals surface area (Å²) in [7, 11) is 0. The van der Waals surface area contributed by atoms with E-state index in [0.29, 0.717) is 30.0 Å². The number of aryl methyl sites for hydroxylation is 2. The molecular formula is C22H26N2O3. The van der Waals surface area contributed by atoms with Crippen LogP contribution >= 0.6 is 0 Å². The molecule has 2 N–H and O–H groups in total. The molecule has 1 unspecified atom stereocenters. The van der Waals surface area contributed by atoms with Gasteiger partial charge in [-0.05, 0) is 44.0 Å². The fourth-order valence-electron chi connectivity index (χ4n) is 2.67. The van der Waals surface area contributed by atoms with Gasteiger partial charge in [-0.15, -0.1) is 6.58 Å². The maximum Gasteiger partial charge on any atom is 0.265 e. The summed E-state index contributed by atoms with van der Waals surface area (Å²) in [6.07, 6.45) is 1.45. The highest BCUT2D eigenvalue weighted by Crippen LogP contribution is 2.22. The van der Waals surface area contributed by atoms with Gasteiger partial charge >= 0.3 is 0 Å². The molecule has 2 aromatic rings. The first-order valence-corrected chi connectivity index (χ1v) is 8.99. The molecular weight excluding hydrogens is 340 g/mol. The molecule has 0 saturated heterocycles. The van der Waals surface area contributed by atoms with Gasteiger partial charge in [-0.25, -0.2) is 0 Å². The lowest BCUT2D eigenvalue weighted by molar-refractivity contribution is -0.122. The van der Waals surface area contributed by atoms with E-state index in [2.05, 4.69) is 17.2 Å². The van der Waals surface area contributed by atoms with Crippen molar-refractivity contribution in [1.82, 2.24) is 5.32 Å². The Balaban J connectivity index is 2.15. The lowest BCUT2D eigenvalue weighted by atomic mass is 10.1. The van der Waals surface area contributed by atoms with E-state index in [9.17, 15) is 9.59 Å². The Morgan fingerprint density at radius 3 is 2.59 bits per heavy atom. The zero-order chi connectivity index (χ0) is 19.8. The van der Waals surface area contributed by atoms with Crippen molar-refractivity contribution in [3.05, 3.63) is 71.8 Å². The Labute approximate surface area is 160 Å². The number of anilines is 1. The van der Waals surface area contributed by atoms with Gasteiger partial charge in [-0.3, -0.25) is 9.59 Å². The number of rotatable bonds is 8. The highest BCUT2D eigenvalue weighted by Gasteiger charge is 2.21. The third-order valence-corrected chi connectivity index (χ3v) is 4.10. The van der Waals surface area contributed by atoms with Gasteiger partial charge in [0.05, 0.1) is 11.3 Å². The highest BCUT2D eigenvalue weighted by molar-refractivity contribution is 6.04. The molecule has 142 valence electrons. The quantitative estimate of drug-likeness (QED) is 0.694. The van der Waals surface area contributed by atoms with Crippen molar-refractivity contribution in [3.63, 3.8) is 0 Å². The number of benzene rings is 2. The van der Waals surface area contributed by atoms with Crippen LogP contribution in [0, 0.1) is 13.8 Å². The lowest BCUT2D eigenvalue weighted by Gasteiger charge is -2.19. The average molecular weight is 366 g/mol. The summed E-state index contributed by atoms with van der Waals surface area (Å²) in [4.78, 5) is 25.0. The van der Waals surface area contributed by atoms with E-state index in [4.69, 9.17) is 4.74 Å². The van der Waals surface area contributed by atoms with Gasteiger partial charge in [0.1, 0.15) is 5.75 Å². The Morgan fingerprint density at radius 2 is 1.93 bits per heavy atom. The van der Waals surface area contributed by atoms with Gasteiger partial charge in [-0.1, -0.05) is 42.8 Å². The molecule has 0 spiro atoms.